The Labute approximate surface area is 113 Å². The second-order valence-corrected chi connectivity index (χ2v) is 5.41. The van der Waals surface area contributed by atoms with E-state index in [0.717, 1.165) is 18.1 Å². The van der Waals surface area contributed by atoms with Gasteiger partial charge >= 0.3 is 0 Å². The fraction of sp³-hybridized carbons (Fsp3) is 0.500. The van der Waals surface area contributed by atoms with Crippen LogP contribution in [-0.2, 0) is 6.54 Å². The van der Waals surface area contributed by atoms with Crippen LogP contribution in [0.4, 0.5) is 0 Å². The molecule has 1 N–H and O–H groups in total. The summed E-state index contributed by atoms with van der Waals surface area (Å²) in [5, 5.41) is 15.6. The van der Waals surface area contributed by atoms with Crippen molar-refractivity contribution < 1.29 is 0 Å². The van der Waals surface area contributed by atoms with Gasteiger partial charge in [0, 0.05) is 6.04 Å². The lowest BCUT2D eigenvalue weighted by Crippen LogP contribution is -2.19. The van der Waals surface area contributed by atoms with Crippen LogP contribution < -0.4 is 5.32 Å². The molecule has 5 nitrogen and oxygen atoms in total. The van der Waals surface area contributed by atoms with Crippen molar-refractivity contribution in [2.75, 3.05) is 0 Å². The highest BCUT2D eigenvalue weighted by Crippen LogP contribution is 2.22. The van der Waals surface area contributed by atoms with E-state index in [0.29, 0.717) is 6.04 Å². The Morgan fingerprint density at radius 3 is 2.53 bits per heavy atom. The van der Waals surface area contributed by atoms with E-state index < -0.39 is 0 Å². The minimum atomic E-state index is 0.658. The molecule has 0 unspecified atom stereocenters. The first-order valence-corrected chi connectivity index (χ1v) is 6.74. The number of benzene rings is 1. The molecule has 0 spiro atoms. The minimum absolute atomic E-state index is 0.658. The van der Waals surface area contributed by atoms with Gasteiger partial charge in [0.15, 0.2) is 5.82 Å². The Balaban J connectivity index is 1.95. The monoisotopic (exact) mass is 257 g/mol. The molecule has 19 heavy (non-hydrogen) atoms. The van der Waals surface area contributed by atoms with Gasteiger partial charge < -0.3 is 5.32 Å². The Bertz CT molecular complexity index is 575. The number of aromatic nitrogens is 4. The fourth-order valence-electron chi connectivity index (χ4n) is 2.52. The van der Waals surface area contributed by atoms with E-state index in [-0.39, 0.29) is 0 Å². The lowest BCUT2D eigenvalue weighted by molar-refractivity contribution is 0.636. The van der Waals surface area contributed by atoms with E-state index in [1.165, 1.54) is 29.5 Å². The standard InChI is InChI=1S/C14H19N5/c1-9-6-10(2)14(11(3)7-9)19-13(16-17-18-19)8-15-12-4-5-12/h6-7,12,15H,4-5,8H2,1-3H3. The van der Waals surface area contributed by atoms with Crippen LogP contribution in [0.15, 0.2) is 12.1 Å². The summed E-state index contributed by atoms with van der Waals surface area (Å²) < 4.78 is 1.86. The highest BCUT2D eigenvalue weighted by atomic mass is 15.5. The van der Waals surface area contributed by atoms with Crippen LogP contribution in [0.25, 0.3) is 5.69 Å². The zero-order chi connectivity index (χ0) is 13.4. The van der Waals surface area contributed by atoms with Crippen molar-refractivity contribution >= 4 is 0 Å². The van der Waals surface area contributed by atoms with Crippen molar-refractivity contribution in [2.45, 2.75) is 46.2 Å². The number of nitrogens with one attached hydrogen (secondary N) is 1. The van der Waals surface area contributed by atoms with E-state index in [1.54, 1.807) is 0 Å². The molecule has 100 valence electrons. The summed E-state index contributed by atoms with van der Waals surface area (Å²) >= 11 is 0. The van der Waals surface area contributed by atoms with Crippen molar-refractivity contribution in [3.8, 4) is 5.69 Å². The van der Waals surface area contributed by atoms with E-state index >= 15 is 0 Å². The largest absolute Gasteiger partial charge is 0.307 e. The molecule has 1 fully saturated rings. The lowest BCUT2D eigenvalue weighted by Gasteiger charge is -2.12. The van der Waals surface area contributed by atoms with Crippen molar-refractivity contribution in [1.29, 1.82) is 0 Å². The van der Waals surface area contributed by atoms with Gasteiger partial charge in [0.25, 0.3) is 0 Å². The van der Waals surface area contributed by atoms with Gasteiger partial charge in [-0.15, -0.1) is 5.10 Å². The molecule has 1 aliphatic rings. The van der Waals surface area contributed by atoms with Gasteiger partial charge in [-0.1, -0.05) is 17.7 Å². The smallest absolute Gasteiger partial charge is 0.170 e. The van der Waals surface area contributed by atoms with Crippen LogP contribution in [0.5, 0.6) is 0 Å². The maximum absolute atomic E-state index is 4.15. The number of hydrogen-bond donors (Lipinski definition) is 1. The molecule has 5 heteroatoms. The molecule has 0 saturated heterocycles. The second-order valence-electron chi connectivity index (χ2n) is 5.41. The molecule has 1 aliphatic carbocycles. The summed E-state index contributed by atoms with van der Waals surface area (Å²) in [6.07, 6.45) is 2.54. The zero-order valence-electron chi connectivity index (χ0n) is 11.6. The van der Waals surface area contributed by atoms with Gasteiger partial charge in [-0.3, -0.25) is 0 Å². The molecule has 2 aromatic rings. The van der Waals surface area contributed by atoms with E-state index in [4.69, 9.17) is 0 Å². The second kappa shape index (κ2) is 4.74. The molecule has 0 aliphatic heterocycles. The Hall–Kier alpha value is -1.75. The molecule has 0 bridgehead atoms. The van der Waals surface area contributed by atoms with Crippen molar-refractivity contribution in [2.24, 2.45) is 0 Å². The summed E-state index contributed by atoms with van der Waals surface area (Å²) in [5.74, 6) is 0.877. The molecular weight excluding hydrogens is 238 g/mol. The van der Waals surface area contributed by atoms with Gasteiger partial charge in [0.2, 0.25) is 0 Å². The first kappa shape index (κ1) is 12.3. The fourth-order valence-corrected chi connectivity index (χ4v) is 2.52. The third-order valence-corrected chi connectivity index (χ3v) is 3.51. The van der Waals surface area contributed by atoms with Crippen molar-refractivity contribution in [3.05, 3.63) is 34.6 Å². The first-order valence-electron chi connectivity index (χ1n) is 6.74. The molecule has 0 radical (unpaired) electrons. The van der Waals surface area contributed by atoms with Crippen LogP contribution in [0.1, 0.15) is 35.4 Å². The molecule has 1 heterocycles. The average molecular weight is 257 g/mol. The third kappa shape index (κ3) is 2.51. The average Bonchev–Trinajstić information content (AvgIpc) is 3.06. The van der Waals surface area contributed by atoms with Gasteiger partial charge in [-0.05, 0) is 55.2 Å². The number of aryl methyl sites for hydroxylation is 3. The van der Waals surface area contributed by atoms with E-state index in [2.05, 4.69) is 53.7 Å². The normalized spacial score (nSPS) is 14.9. The summed E-state index contributed by atoms with van der Waals surface area (Å²) in [7, 11) is 0. The molecule has 0 amide bonds. The number of hydrogen-bond acceptors (Lipinski definition) is 4. The highest BCUT2D eigenvalue weighted by molar-refractivity contribution is 5.48. The zero-order valence-corrected chi connectivity index (χ0v) is 11.6. The van der Waals surface area contributed by atoms with Crippen LogP contribution >= 0.6 is 0 Å². The maximum Gasteiger partial charge on any atom is 0.170 e. The first-order chi connectivity index (χ1) is 9.15. The Morgan fingerprint density at radius 2 is 1.89 bits per heavy atom. The Morgan fingerprint density at radius 1 is 1.21 bits per heavy atom. The molecule has 0 atom stereocenters. The van der Waals surface area contributed by atoms with Gasteiger partial charge in [-0.2, -0.15) is 4.68 Å². The van der Waals surface area contributed by atoms with E-state index in [9.17, 15) is 0 Å². The SMILES string of the molecule is Cc1cc(C)c(-n2nnnc2CNC2CC2)c(C)c1. The summed E-state index contributed by atoms with van der Waals surface area (Å²) in [4.78, 5) is 0. The number of rotatable bonds is 4. The molecule has 1 saturated carbocycles. The number of nitrogens with zero attached hydrogens (tertiary/aromatic N) is 4. The van der Waals surface area contributed by atoms with E-state index in [1.807, 2.05) is 4.68 Å². The maximum atomic E-state index is 4.15. The predicted molar refractivity (Wildman–Crippen MR) is 73.2 cm³/mol. The molecular formula is C14H19N5. The third-order valence-electron chi connectivity index (χ3n) is 3.51. The van der Waals surface area contributed by atoms with Crippen LogP contribution in [0, 0.1) is 20.8 Å². The van der Waals surface area contributed by atoms with Crippen molar-refractivity contribution in [3.63, 3.8) is 0 Å². The summed E-state index contributed by atoms with van der Waals surface area (Å²) in [5.41, 5.74) is 4.78. The topological polar surface area (TPSA) is 55.6 Å². The quantitative estimate of drug-likeness (QED) is 0.908. The van der Waals surface area contributed by atoms with Gasteiger partial charge in [0.05, 0.1) is 12.2 Å². The molecule has 1 aromatic heterocycles. The Kier molecular flexibility index (Phi) is 3.06. The lowest BCUT2D eigenvalue weighted by atomic mass is 10.1. The minimum Gasteiger partial charge on any atom is -0.307 e. The summed E-state index contributed by atoms with van der Waals surface area (Å²) in [6, 6.07) is 5.00. The van der Waals surface area contributed by atoms with Crippen molar-refractivity contribution in [1.82, 2.24) is 25.5 Å². The van der Waals surface area contributed by atoms with Crippen LogP contribution in [0.2, 0.25) is 0 Å². The molecule has 3 rings (SSSR count). The van der Waals surface area contributed by atoms with Gasteiger partial charge in [-0.25, -0.2) is 0 Å². The highest BCUT2D eigenvalue weighted by Gasteiger charge is 2.22. The number of tetrazole rings is 1. The summed E-state index contributed by atoms with van der Waals surface area (Å²) in [6.45, 7) is 7.05. The van der Waals surface area contributed by atoms with Crippen LogP contribution in [0.3, 0.4) is 0 Å². The van der Waals surface area contributed by atoms with Gasteiger partial charge in [0.1, 0.15) is 0 Å². The van der Waals surface area contributed by atoms with Crippen LogP contribution in [-0.4, -0.2) is 26.2 Å². The predicted octanol–water partition coefficient (Wildman–Crippen LogP) is 1.84. The molecule has 1 aromatic carbocycles.